The third-order valence-electron chi connectivity index (χ3n) is 4.96. The quantitative estimate of drug-likeness (QED) is 0.586. The predicted molar refractivity (Wildman–Crippen MR) is 86.8 cm³/mol. The topological polar surface area (TPSA) is 26.3 Å². The van der Waals surface area contributed by atoms with Gasteiger partial charge in [0.2, 0.25) is 0 Å². The van der Waals surface area contributed by atoms with Crippen LogP contribution in [-0.2, 0) is 14.9 Å². The first kappa shape index (κ1) is 14.1. The van der Waals surface area contributed by atoms with Gasteiger partial charge in [0.25, 0.3) is 0 Å². The molecule has 0 N–H and O–H groups in total. The van der Waals surface area contributed by atoms with E-state index in [-0.39, 0.29) is 17.3 Å². The summed E-state index contributed by atoms with van der Waals surface area (Å²) >= 11 is 13.4. The van der Waals surface area contributed by atoms with Gasteiger partial charge in [0, 0.05) is 5.92 Å². The highest BCUT2D eigenvalue weighted by Gasteiger charge is 2.62. The van der Waals surface area contributed by atoms with E-state index in [9.17, 15) is 4.79 Å². The molecular formula is C18H14Cl2O2. The molecule has 2 unspecified atom stereocenters. The van der Waals surface area contributed by atoms with Gasteiger partial charge in [-0.2, -0.15) is 0 Å². The minimum absolute atomic E-state index is 0.00287. The van der Waals surface area contributed by atoms with Gasteiger partial charge in [0.05, 0.1) is 17.9 Å². The van der Waals surface area contributed by atoms with Gasteiger partial charge < -0.3 is 4.74 Å². The first-order valence-electron chi connectivity index (χ1n) is 7.19. The van der Waals surface area contributed by atoms with E-state index in [4.69, 9.17) is 27.9 Å². The summed E-state index contributed by atoms with van der Waals surface area (Å²) in [7, 11) is 1.40. The Morgan fingerprint density at radius 2 is 1.50 bits per heavy atom. The summed E-state index contributed by atoms with van der Waals surface area (Å²) in [6, 6.07) is 15.8. The number of carbonyl (C=O) groups excluding carboxylic acids is 1. The molecule has 0 fully saturated rings. The SMILES string of the molecule is COC(=O)C12c3ccccc3C(c3ccccc31)C(Cl)C2Cl. The maximum atomic E-state index is 12.9. The largest absolute Gasteiger partial charge is 0.468 e. The van der Waals surface area contributed by atoms with Gasteiger partial charge in [-0.25, -0.2) is 0 Å². The standard InChI is InChI=1S/C18H14Cl2O2/c1-22-17(21)18-12-8-4-2-6-10(12)14(15(19)16(18)20)11-7-3-5-9-13(11)18/h2-9,14-16H,1H3. The zero-order valence-corrected chi connectivity index (χ0v) is 13.4. The smallest absolute Gasteiger partial charge is 0.322 e. The Kier molecular flexibility index (Phi) is 3.04. The van der Waals surface area contributed by atoms with Crippen LogP contribution in [-0.4, -0.2) is 23.8 Å². The molecule has 0 radical (unpaired) electrons. The van der Waals surface area contributed by atoms with Crippen LogP contribution in [0.4, 0.5) is 0 Å². The maximum Gasteiger partial charge on any atom is 0.322 e. The molecule has 3 aliphatic rings. The van der Waals surface area contributed by atoms with Crippen LogP contribution in [0.1, 0.15) is 28.2 Å². The average Bonchev–Trinajstić information content (AvgIpc) is 2.57. The third-order valence-corrected chi connectivity index (χ3v) is 6.19. The summed E-state index contributed by atoms with van der Waals surface area (Å²) in [6.07, 6.45) is 0. The Balaban J connectivity index is 2.16. The Morgan fingerprint density at radius 3 is 2.00 bits per heavy atom. The number of hydrogen-bond donors (Lipinski definition) is 0. The average molecular weight is 333 g/mol. The third kappa shape index (κ3) is 1.45. The van der Waals surface area contributed by atoms with E-state index in [1.807, 2.05) is 48.5 Å². The molecule has 0 saturated carbocycles. The van der Waals surface area contributed by atoms with Gasteiger partial charge in [-0.1, -0.05) is 48.5 Å². The van der Waals surface area contributed by atoms with E-state index in [0.29, 0.717) is 0 Å². The van der Waals surface area contributed by atoms with Gasteiger partial charge in [0.15, 0.2) is 0 Å². The van der Waals surface area contributed by atoms with Crippen molar-refractivity contribution in [2.45, 2.75) is 22.1 Å². The van der Waals surface area contributed by atoms with E-state index in [1.165, 1.54) is 7.11 Å². The van der Waals surface area contributed by atoms with Crippen LogP contribution >= 0.6 is 23.2 Å². The molecule has 112 valence electrons. The molecule has 2 bridgehead atoms. The summed E-state index contributed by atoms with van der Waals surface area (Å²) in [5, 5.41) is -0.901. The van der Waals surface area contributed by atoms with Gasteiger partial charge in [0.1, 0.15) is 5.41 Å². The monoisotopic (exact) mass is 332 g/mol. The van der Waals surface area contributed by atoms with Crippen LogP contribution in [0.5, 0.6) is 0 Å². The molecule has 0 saturated heterocycles. The van der Waals surface area contributed by atoms with E-state index < -0.39 is 10.8 Å². The van der Waals surface area contributed by atoms with E-state index in [1.54, 1.807) is 0 Å². The van der Waals surface area contributed by atoms with Gasteiger partial charge in [-0.3, -0.25) is 4.79 Å². The fourth-order valence-corrected chi connectivity index (χ4v) is 5.04. The highest BCUT2D eigenvalue weighted by molar-refractivity contribution is 6.33. The number of hydrogen-bond acceptors (Lipinski definition) is 2. The highest BCUT2D eigenvalue weighted by Crippen LogP contribution is 2.59. The highest BCUT2D eigenvalue weighted by atomic mass is 35.5. The number of methoxy groups -OCH3 is 1. The number of alkyl halides is 2. The van der Waals surface area contributed by atoms with Crippen LogP contribution in [0.25, 0.3) is 0 Å². The summed E-state index contributed by atoms with van der Waals surface area (Å²) in [6.45, 7) is 0. The number of rotatable bonds is 1. The van der Waals surface area contributed by atoms with Crippen LogP contribution in [0.3, 0.4) is 0 Å². The lowest BCUT2D eigenvalue weighted by Crippen LogP contribution is -2.58. The zero-order valence-electron chi connectivity index (χ0n) is 11.9. The van der Waals surface area contributed by atoms with E-state index in [2.05, 4.69) is 0 Å². The number of carbonyl (C=O) groups is 1. The second-order valence-corrected chi connectivity index (χ2v) is 6.77. The lowest BCUT2D eigenvalue weighted by Gasteiger charge is -2.52. The maximum absolute atomic E-state index is 12.9. The lowest BCUT2D eigenvalue weighted by molar-refractivity contribution is -0.146. The second-order valence-electron chi connectivity index (χ2n) is 5.80. The van der Waals surface area contributed by atoms with Crippen molar-refractivity contribution in [2.24, 2.45) is 0 Å². The zero-order chi connectivity index (χ0) is 15.5. The van der Waals surface area contributed by atoms with E-state index in [0.717, 1.165) is 22.3 Å². The number of benzene rings is 2. The molecule has 0 heterocycles. The Bertz CT molecular complexity index is 724. The normalized spacial score (nSPS) is 31.3. The lowest BCUT2D eigenvalue weighted by atomic mass is 9.54. The molecule has 3 aliphatic carbocycles. The number of esters is 1. The summed E-state index contributed by atoms with van der Waals surface area (Å²) < 4.78 is 5.16. The van der Waals surface area contributed by atoms with Crippen LogP contribution in [0, 0.1) is 0 Å². The second kappa shape index (κ2) is 4.74. The molecule has 22 heavy (non-hydrogen) atoms. The first-order chi connectivity index (χ1) is 10.6. The predicted octanol–water partition coefficient (Wildman–Crippen LogP) is 3.82. The van der Waals surface area contributed by atoms with Crippen LogP contribution in [0.2, 0.25) is 0 Å². The Hall–Kier alpha value is -1.51. The van der Waals surface area contributed by atoms with Crippen molar-refractivity contribution in [3.05, 3.63) is 70.8 Å². The molecule has 0 spiro atoms. The van der Waals surface area contributed by atoms with Crippen LogP contribution < -0.4 is 0 Å². The molecule has 2 atom stereocenters. The molecule has 4 heteroatoms. The molecule has 0 amide bonds. The Morgan fingerprint density at radius 1 is 1.00 bits per heavy atom. The molecule has 2 nitrogen and oxygen atoms in total. The molecule has 0 aromatic heterocycles. The van der Waals surface area contributed by atoms with Gasteiger partial charge in [-0.15, -0.1) is 23.2 Å². The molecular weight excluding hydrogens is 319 g/mol. The number of halogens is 2. The fraction of sp³-hybridized carbons (Fsp3) is 0.278. The summed E-state index contributed by atoms with van der Waals surface area (Å²) in [4.78, 5) is 12.9. The van der Waals surface area contributed by atoms with Crippen molar-refractivity contribution in [3.63, 3.8) is 0 Å². The van der Waals surface area contributed by atoms with Crippen molar-refractivity contribution in [1.82, 2.24) is 0 Å². The molecule has 2 aromatic carbocycles. The van der Waals surface area contributed by atoms with Crippen LogP contribution in [0.15, 0.2) is 48.5 Å². The molecule has 2 aromatic rings. The summed E-state index contributed by atoms with van der Waals surface area (Å²) in [5.74, 6) is -0.348. The van der Waals surface area contributed by atoms with Gasteiger partial charge >= 0.3 is 5.97 Å². The van der Waals surface area contributed by atoms with Crippen molar-refractivity contribution in [2.75, 3.05) is 7.11 Å². The van der Waals surface area contributed by atoms with Gasteiger partial charge in [-0.05, 0) is 22.3 Å². The summed E-state index contributed by atoms with van der Waals surface area (Å²) in [5.41, 5.74) is 2.95. The minimum Gasteiger partial charge on any atom is -0.468 e. The fourth-order valence-electron chi connectivity index (χ4n) is 4.11. The van der Waals surface area contributed by atoms with Crippen molar-refractivity contribution in [1.29, 1.82) is 0 Å². The van der Waals surface area contributed by atoms with Crippen molar-refractivity contribution in [3.8, 4) is 0 Å². The van der Waals surface area contributed by atoms with Crippen molar-refractivity contribution < 1.29 is 9.53 Å². The molecule has 5 rings (SSSR count). The number of ether oxygens (including phenoxy) is 1. The molecule has 0 aliphatic heterocycles. The van der Waals surface area contributed by atoms with E-state index >= 15 is 0 Å². The minimum atomic E-state index is -1.04. The Labute approximate surface area is 139 Å². The van der Waals surface area contributed by atoms with Crippen molar-refractivity contribution >= 4 is 29.2 Å². The first-order valence-corrected chi connectivity index (χ1v) is 8.06. The number of fused-ring (bicyclic) bond motifs is 1.